The quantitative estimate of drug-likeness (QED) is 0.766. The Kier molecular flexibility index (Phi) is 10.7. The Morgan fingerprint density at radius 2 is 1.78 bits per heavy atom. The molecule has 0 bridgehead atoms. The molecule has 4 nitrogen and oxygen atoms in total. The lowest BCUT2D eigenvalue weighted by Gasteiger charge is -2.31. The minimum atomic E-state index is 0. The number of rotatable bonds is 5. The molecule has 1 saturated carbocycles. The lowest BCUT2D eigenvalue weighted by atomic mass is 9.85. The van der Waals surface area contributed by atoms with Crippen molar-refractivity contribution < 1.29 is 4.79 Å². The number of piperidine rings is 1. The number of hydrogen-bond acceptors (Lipinski definition) is 3. The van der Waals surface area contributed by atoms with Crippen LogP contribution in [0, 0.1) is 11.8 Å². The van der Waals surface area contributed by atoms with Crippen molar-refractivity contribution in [2.75, 3.05) is 13.1 Å². The predicted molar refractivity (Wildman–Crippen MR) is 116 cm³/mol. The number of halogens is 2. The zero-order chi connectivity index (χ0) is 17.6. The molecule has 0 spiro atoms. The number of carbonyl (C=O) groups excluding carboxylic acids is 1. The first kappa shape index (κ1) is 24.2. The highest BCUT2D eigenvalue weighted by molar-refractivity contribution is 5.85. The summed E-state index contributed by atoms with van der Waals surface area (Å²) in [6.07, 6.45) is 6.53. The number of nitrogens with one attached hydrogen (secondary N) is 1. The average molecular weight is 416 g/mol. The van der Waals surface area contributed by atoms with Crippen molar-refractivity contribution in [3.63, 3.8) is 0 Å². The van der Waals surface area contributed by atoms with Gasteiger partial charge in [0.05, 0.1) is 0 Å². The molecule has 0 aromatic heterocycles. The van der Waals surface area contributed by atoms with E-state index in [9.17, 15) is 4.79 Å². The van der Waals surface area contributed by atoms with Gasteiger partial charge in [0.2, 0.25) is 5.91 Å². The van der Waals surface area contributed by atoms with Crippen molar-refractivity contribution in [1.82, 2.24) is 10.2 Å². The molecule has 1 aliphatic carbocycles. The third-order valence-electron chi connectivity index (χ3n) is 5.93. The third-order valence-corrected chi connectivity index (χ3v) is 5.93. The van der Waals surface area contributed by atoms with Crippen molar-refractivity contribution in [2.24, 2.45) is 17.6 Å². The highest BCUT2D eigenvalue weighted by Crippen LogP contribution is 2.24. The Hall–Kier alpha value is -0.810. The number of carbonyl (C=O) groups is 1. The van der Waals surface area contributed by atoms with Crippen molar-refractivity contribution >= 4 is 30.7 Å². The summed E-state index contributed by atoms with van der Waals surface area (Å²) in [4.78, 5) is 15.0. The molecular formula is C21H35Cl2N3O. The molecule has 6 heteroatoms. The SMILES string of the molecule is CC1CCN(Cc2ccccc2CNC(=O)C2CCCC(N)C2)CC1.Cl.Cl. The van der Waals surface area contributed by atoms with E-state index in [4.69, 9.17) is 5.73 Å². The monoisotopic (exact) mass is 415 g/mol. The van der Waals surface area contributed by atoms with E-state index in [-0.39, 0.29) is 42.7 Å². The van der Waals surface area contributed by atoms with E-state index in [0.29, 0.717) is 6.54 Å². The van der Waals surface area contributed by atoms with Gasteiger partial charge in [0, 0.05) is 25.0 Å². The maximum atomic E-state index is 12.5. The number of amides is 1. The normalized spacial score (nSPS) is 23.8. The van der Waals surface area contributed by atoms with Crippen molar-refractivity contribution in [2.45, 2.75) is 64.6 Å². The molecule has 1 heterocycles. The number of hydrogen-bond donors (Lipinski definition) is 2. The molecule has 2 unspecified atom stereocenters. The molecule has 2 aliphatic rings. The summed E-state index contributed by atoms with van der Waals surface area (Å²) in [5, 5.41) is 3.16. The highest BCUT2D eigenvalue weighted by atomic mass is 35.5. The average Bonchev–Trinajstić information content (AvgIpc) is 2.62. The van der Waals surface area contributed by atoms with Crippen LogP contribution in [0.1, 0.15) is 56.6 Å². The number of nitrogens with two attached hydrogens (primary N) is 1. The fraction of sp³-hybridized carbons (Fsp3) is 0.667. The molecule has 3 N–H and O–H groups in total. The fourth-order valence-electron chi connectivity index (χ4n) is 4.14. The molecule has 3 rings (SSSR count). The smallest absolute Gasteiger partial charge is 0.223 e. The van der Waals surface area contributed by atoms with Gasteiger partial charge < -0.3 is 11.1 Å². The first-order chi connectivity index (χ1) is 12.1. The molecule has 0 radical (unpaired) electrons. The summed E-state index contributed by atoms with van der Waals surface area (Å²) < 4.78 is 0. The second-order valence-corrected chi connectivity index (χ2v) is 8.07. The van der Waals surface area contributed by atoms with E-state index in [1.54, 1.807) is 0 Å². The van der Waals surface area contributed by atoms with Gasteiger partial charge in [0.1, 0.15) is 0 Å². The van der Waals surface area contributed by atoms with E-state index >= 15 is 0 Å². The Morgan fingerprint density at radius 3 is 2.44 bits per heavy atom. The molecule has 1 aliphatic heterocycles. The van der Waals surface area contributed by atoms with Gasteiger partial charge in [-0.3, -0.25) is 9.69 Å². The van der Waals surface area contributed by atoms with Crippen LogP contribution in [-0.4, -0.2) is 29.9 Å². The molecule has 1 saturated heterocycles. The molecular weight excluding hydrogens is 381 g/mol. The minimum Gasteiger partial charge on any atom is -0.352 e. The maximum absolute atomic E-state index is 12.5. The molecule has 1 aromatic rings. The van der Waals surface area contributed by atoms with Gasteiger partial charge in [-0.25, -0.2) is 0 Å². The maximum Gasteiger partial charge on any atom is 0.223 e. The highest BCUT2D eigenvalue weighted by Gasteiger charge is 2.25. The van der Waals surface area contributed by atoms with Gasteiger partial charge in [-0.1, -0.05) is 37.6 Å². The summed E-state index contributed by atoms with van der Waals surface area (Å²) >= 11 is 0. The Morgan fingerprint density at radius 1 is 1.11 bits per heavy atom. The third kappa shape index (κ3) is 7.26. The Balaban J connectivity index is 0.00000182. The van der Waals surface area contributed by atoms with Crippen LogP contribution in [-0.2, 0) is 17.9 Å². The van der Waals surface area contributed by atoms with Gasteiger partial charge in [0.25, 0.3) is 0 Å². The Labute approximate surface area is 176 Å². The van der Waals surface area contributed by atoms with Gasteiger partial charge in [0.15, 0.2) is 0 Å². The van der Waals surface area contributed by atoms with Crippen LogP contribution in [0.3, 0.4) is 0 Å². The second kappa shape index (κ2) is 11.9. The van der Waals surface area contributed by atoms with Crippen molar-refractivity contribution in [1.29, 1.82) is 0 Å². The van der Waals surface area contributed by atoms with Crippen LogP contribution in [0.15, 0.2) is 24.3 Å². The van der Waals surface area contributed by atoms with Gasteiger partial charge >= 0.3 is 0 Å². The van der Waals surface area contributed by atoms with E-state index in [1.165, 1.54) is 37.1 Å². The zero-order valence-electron chi connectivity index (χ0n) is 16.4. The van der Waals surface area contributed by atoms with Crippen LogP contribution >= 0.6 is 24.8 Å². The lowest BCUT2D eigenvalue weighted by Crippen LogP contribution is -2.37. The van der Waals surface area contributed by atoms with Crippen molar-refractivity contribution in [3.05, 3.63) is 35.4 Å². The summed E-state index contributed by atoms with van der Waals surface area (Å²) in [6.45, 7) is 6.33. The molecule has 2 atom stereocenters. The van der Waals surface area contributed by atoms with Gasteiger partial charge in [-0.05, 0) is 62.2 Å². The van der Waals surface area contributed by atoms with Gasteiger partial charge in [-0.15, -0.1) is 24.8 Å². The second-order valence-electron chi connectivity index (χ2n) is 8.07. The van der Waals surface area contributed by atoms with Crippen LogP contribution in [0.2, 0.25) is 0 Å². The first-order valence-electron chi connectivity index (χ1n) is 9.94. The van der Waals surface area contributed by atoms with Crippen LogP contribution in [0.5, 0.6) is 0 Å². The topological polar surface area (TPSA) is 58.4 Å². The van der Waals surface area contributed by atoms with Crippen LogP contribution in [0.25, 0.3) is 0 Å². The molecule has 1 amide bonds. The van der Waals surface area contributed by atoms with Crippen LogP contribution in [0.4, 0.5) is 0 Å². The zero-order valence-corrected chi connectivity index (χ0v) is 18.0. The number of likely N-dealkylation sites (tertiary alicyclic amines) is 1. The first-order valence-corrected chi connectivity index (χ1v) is 9.94. The molecule has 2 fully saturated rings. The summed E-state index contributed by atoms with van der Waals surface area (Å²) in [5.41, 5.74) is 8.61. The molecule has 1 aromatic carbocycles. The Bertz CT molecular complexity index is 576. The minimum absolute atomic E-state index is 0. The fourth-order valence-corrected chi connectivity index (χ4v) is 4.14. The summed E-state index contributed by atoms with van der Waals surface area (Å²) in [6, 6.07) is 8.72. The van der Waals surface area contributed by atoms with Gasteiger partial charge in [-0.2, -0.15) is 0 Å². The van der Waals surface area contributed by atoms with E-state index in [1.807, 2.05) is 0 Å². The van der Waals surface area contributed by atoms with E-state index in [0.717, 1.165) is 38.1 Å². The number of benzene rings is 1. The summed E-state index contributed by atoms with van der Waals surface area (Å²) in [5.74, 6) is 1.13. The standard InChI is InChI=1S/C21H33N3O.2ClH/c1-16-9-11-24(12-10-16)15-19-6-3-2-5-18(19)14-23-21(25)17-7-4-8-20(22)13-17;;/h2-3,5-6,16-17,20H,4,7-15,22H2,1H3,(H,23,25);2*1H. The van der Waals surface area contributed by atoms with Crippen LogP contribution < -0.4 is 11.1 Å². The van der Waals surface area contributed by atoms with E-state index < -0.39 is 0 Å². The van der Waals surface area contributed by atoms with Crippen molar-refractivity contribution in [3.8, 4) is 0 Å². The largest absolute Gasteiger partial charge is 0.352 e. The molecule has 27 heavy (non-hydrogen) atoms. The summed E-state index contributed by atoms with van der Waals surface area (Å²) in [7, 11) is 0. The number of nitrogens with zero attached hydrogens (tertiary/aromatic N) is 1. The lowest BCUT2D eigenvalue weighted by molar-refractivity contribution is -0.126. The molecule has 154 valence electrons. The predicted octanol–water partition coefficient (Wildman–Crippen LogP) is 3.90. The van der Waals surface area contributed by atoms with E-state index in [2.05, 4.69) is 41.4 Å².